The van der Waals surface area contributed by atoms with E-state index in [1.165, 1.54) is 0 Å². The molecule has 1 aliphatic rings. The second-order valence-electron chi connectivity index (χ2n) is 4.86. The zero-order valence-corrected chi connectivity index (χ0v) is 9.40. The lowest BCUT2D eigenvalue weighted by Crippen LogP contribution is -2.51. The first-order chi connectivity index (χ1) is 5.76. The molecule has 76 valence electrons. The van der Waals surface area contributed by atoms with Crippen LogP contribution in [0.5, 0.6) is 0 Å². The number of nitrogens with one attached hydrogen (secondary N) is 1. The summed E-state index contributed by atoms with van der Waals surface area (Å²) in [6, 6.07) is 0. The smallest absolute Gasteiger partial charge is 0.221 e. The highest BCUT2D eigenvalue weighted by atomic mass is 35.5. The topological polar surface area (TPSA) is 32.3 Å². The molecule has 0 aromatic carbocycles. The minimum atomic E-state index is -0.286. The monoisotopic (exact) mass is 204 g/mol. The number of hydrogen-bond acceptors (Lipinski definition) is 2. The standard InChI is InChI=1S/C9H17ClN2O/c1-8(2)5-7(13)11-6-9(3,4)12(8)10/h5-6H2,1-4H3,(H,11,13). The maximum absolute atomic E-state index is 11.3. The third kappa shape index (κ3) is 2.15. The third-order valence-electron chi connectivity index (χ3n) is 2.37. The predicted octanol–water partition coefficient (Wildman–Crippen LogP) is 1.52. The van der Waals surface area contributed by atoms with Gasteiger partial charge in [0.2, 0.25) is 5.91 Å². The summed E-state index contributed by atoms with van der Waals surface area (Å²) < 4.78 is 1.75. The van der Waals surface area contributed by atoms with Gasteiger partial charge in [0.1, 0.15) is 0 Å². The molecule has 0 saturated carbocycles. The Hall–Kier alpha value is -0.280. The van der Waals surface area contributed by atoms with Crippen LogP contribution in [0.15, 0.2) is 0 Å². The van der Waals surface area contributed by atoms with Crippen molar-refractivity contribution in [3.8, 4) is 0 Å². The molecule has 0 aliphatic carbocycles. The summed E-state index contributed by atoms with van der Waals surface area (Å²) in [7, 11) is 0. The number of carbonyl (C=O) groups excluding carboxylic acids is 1. The molecule has 0 unspecified atom stereocenters. The Morgan fingerprint density at radius 1 is 1.31 bits per heavy atom. The summed E-state index contributed by atoms with van der Waals surface area (Å²) in [5.41, 5.74) is -0.483. The number of carbonyl (C=O) groups is 1. The van der Waals surface area contributed by atoms with Gasteiger partial charge >= 0.3 is 0 Å². The Morgan fingerprint density at radius 2 is 1.85 bits per heavy atom. The van der Waals surface area contributed by atoms with Crippen LogP contribution in [0.3, 0.4) is 0 Å². The number of amides is 1. The van der Waals surface area contributed by atoms with Crippen molar-refractivity contribution >= 4 is 17.7 Å². The van der Waals surface area contributed by atoms with Crippen molar-refractivity contribution in [3.05, 3.63) is 0 Å². The zero-order valence-electron chi connectivity index (χ0n) is 8.65. The number of nitrogens with zero attached hydrogens (tertiary/aromatic N) is 1. The predicted molar refractivity (Wildman–Crippen MR) is 53.5 cm³/mol. The van der Waals surface area contributed by atoms with Crippen LogP contribution in [0, 0.1) is 0 Å². The van der Waals surface area contributed by atoms with E-state index in [2.05, 4.69) is 5.32 Å². The Kier molecular flexibility index (Phi) is 2.61. The van der Waals surface area contributed by atoms with Gasteiger partial charge in [0, 0.05) is 24.0 Å². The molecule has 0 spiro atoms. The van der Waals surface area contributed by atoms with E-state index in [0.29, 0.717) is 13.0 Å². The Labute approximate surface area is 84.5 Å². The lowest BCUT2D eigenvalue weighted by Gasteiger charge is -2.40. The second-order valence-corrected chi connectivity index (χ2v) is 5.20. The van der Waals surface area contributed by atoms with E-state index in [-0.39, 0.29) is 17.0 Å². The Balaban J connectivity index is 2.94. The van der Waals surface area contributed by atoms with Gasteiger partial charge in [-0.25, -0.2) is 4.42 Å². The molecule has 0 aromatic rings. The maximum atomic E-state index is 11.3. The number of rotatable bonds is 0. The van der Waals surface area contributed by atoms with Crippen molar-refractivity contribution in [2.45, 2.75) is 45.2 Å². The van der Waals surface area contributed by atoms with Crippen LogP contribution in [0.25, 0.3) is 0 Å². The SMILES string of the molecule is CC1(C)CNC(=O)CC(C)(C)N1Cl. The molecule has 3 nitrogen and oxygen atoms in total. The van der Waals surface area contributed by atoms with Crippen molar-refractivity contribution in [3.63, 3.8) is 0 Å². The average molecular weight is 205 g/mol. The lowest BCUT2D eigenvalue weighted by atomic mass is 9.96. The summed E-state index contributed by atoms with van der Waals surface area (Å²) in [5, 5.41) is 2.86. The van der Waals surface area contributed by atoms with Crippen molar-refractivity contribution in [2.75, 3.05) is 6.54 Å². The molecule has 1 fully saturated rings. The second kappa shape index (κ2) is 3.14. The first-order valence-electron chi connectivity index (χ1n) is 4.48. The minimum Gasteiger partial charge on any atom is -0.354 e. The fraction of sp³-hybridized carbons (Fsp3) is 0.889. The van der Waals surface area contributed by atoms with E-state index in [0.717, 1.165) is 0 Å². The van der Waals surface area contributed by atoms with Gasteiger partial charge in [-0.05, 0) is 39.5 Å². The summed E-state index contributed by atoms with van der Waals surface area (Å²) in [6.45, 7) is 8.60. The maximum Gasteiger partial charge on any atom is 0.221 e. The highest BCUT2D eigenvalue weighted by molar-refractivity contribution is 6.14. The van der Waals surface area contributed by atoms with Gasteiger partial charge in [-0.2, -0.15) is 0 Å². The van der Waals surface area contributed by atoms with Gasteiger partial charge in [0.15, 0.2) is 0 Å². The molecule has 1 saturated heterocycles. The van der Waals surface area contributed by atoms with Crippen molar-refractivity contribution in [1.82, 2.24) is 9.74 Å². The molecule has 1 N–H and O–H groups in total. The molecule has 1 aliphatic heterocycles. The normalized spacial score (nSPS) is 27.9. The highest BCUT2D eigenvalue weighted by Crippen LogP contribution is 2.31. The van der Waals surface area contributed by atoms with E-state index < -0.39 is 0 Å². The van der Waals surface area contributed by atoms with Gasteiger partial charge in [-0.3, -0.25) is 4.79 Å². The highest BCUT2D eigenvalue weighted by Gasteiger charge is 2.41. The lowest BCUT2D eigenvalue weighted by molar-refractivity contribution is -0.121. The van der Waals surface area contributed by atoms with Crippen molar-refractivity contribution in [2.24, 2.45) is 0 Å². The summed E-state index contributed by atoms with van der Waals surface area (Å²) in [4.78, 5) is 11.3. The van der Waals surface area contributed by atoms with Crippen molar-refractivity contribution < 1.29 is 4.79 Å². The molecule has 1 rings (SSSR count). The van der Waals surface area contributed by atoms with E-state index in [9.17, 15) is 4.79 Å². The van der Waals surface area contributed by atoms with Crippen LogP contribution in [0.4, 0.5) is 0 Å². The summed E-state index contributed by atoms with van der Waals surface area (Å²) in [5.74, 6) is 0.0706. The molecular weight excluding hydrogens is 188 g/mol. The van der Waals surface area contributed by atoms with Crippen LogP contribution in [-0.2, 0) is 4.79 Å². The van der Waals surface area contributed by atoms with Crippen LogP contribution in [0.1, 0.15) is 34.1 Å². The zero-order chi connectivity index (χ0) is 10.3. The molecule has 13 heavy (non-hydrogen) atoms. The van der Waals surface area contributed by atoms with Crippen LogP contribution in [-0.4, -0.2) is 27.9 Å². The van der Waals surface area contributed by atoms with Gasteiger partial charge in [-0.1, -0.05) is 0 Å². The number of hydrogen-bond donors (Lipinski definition) is 1. The Morgan fingerprint density at radius 3 is 2.38 bits per heavy atom. The Bertz CT molecular complexity index is 226. The summed E-state index contributed by atoms with van der Waals surface area (Å²) in [6.07, 6.45) is 0.444. The average Bonchev–Trinajstić information content (AvgIpc) is 2.03. The molecule has 0 bridgehead atoms. The van der Waals surface area contributed by atoms with E-state index in [4.69, 9.17) is 11.8 Å². The molecule has 0 radical (unpaired) electrons. The van der Waals surface area contributed by atoms with Crippen LogP contribution in [0.2, 0.25) is 0 Å². The van der Waals surface area contributed by atoms with E-state index in [1.807, 2.05) is 27.7 Å². The van der Waals surface area contributed by atoms with E-state index >= 15 is 0 Å². The minimum absolute atomic E-state index is 0.0706. The van der Waals surface area contributed by atoms with Gasteiger partial charge in [-0.15, -0.1) is 0 Å². The molecular formula is C9H17ClN2O. The van der Waals surface area contributed by atoms with Crippen LogP contribution < -0.4 is 5.32 Å². The summed E-state index contributed by atoms with van der Waals surface area (Å²) >= 11 is 6.21. The largest absolute Gasteiger partial charge is 0.354 e. The van der Waals surface area contributed by atoms with Crippen molar-refractivity contribution in [1.29, 1.82) is 0 Å². The van der Waals surface area contributed by atoms with E-state index in [1.54, 1.807) is 4.42 Å². The molecule has 4 heteroatoms. The quantitative estimate of drug-likeness (QED) is 0.607. The van der Waals surface area contributed by atoms with Gasteiger partial charge < -0.3 is 5.32 Å². The first-order valence-corrected chi connectivity index (χ1v) is 4.82. The fourth-order valence-corrected chi connectivity index (χ4v) is 1.85. The number of halogens is 1. The molecule has 0 aromatic heterocycles. The molecule has 1 heterocycles. The van der Waals surface area contributed by atoms with Gasteiger partial charge in [0.05, 0.1) is 0 Å². The molecule has 1 amide bonds. The van der Waals surface area contributed by atoms with Crippen LogP contribution >= 0.6 is 11.8 Å². The third-order valence-corrected chi connectivity index (χ3v) is 3.29. The van der Waals surface area contributed by atoms with Gasteiger partial charge in [0.25, 0.3) is 0 Å². The first kappa shape index (κ1) is 10.8. The fourth-order valence-electron chi connectivity index (χ4n) is 1.73. The molecule has 0 atom stereocenters.